The average molecular weight is 290 g/mol. The maximum Gasteiger partial charge on any atom is 0.139 e. The van der Waals surface area contributed by atoms with E-state index in [1.54, 1.807) is 0 Å². The van der Waals surface area contributed by atoms with Crippen molar-refractivity contribution in [3.63, 3.8) is 0 Å². The van der Waals surface area contributed by atoms with Crippen LogP contribution in [0.3, 0.4) is 0 Å². The molecule has 0 bridgehead atoms. The highest BCUT2D eigenvalue weighted by Gasteiger charge is 2.51. The summed E-state index contributed by atoms with van der Waals surface area (Å²) in [5, 5.41) is 7.51. The van der Waals surface area contributed by atoms with Crippen molar-refractivity contribution in [1.82, 2.24) is 10.6 Å². The van der Waals surface area contributed by atoms with Gasteiger partial charge in [0.15, 0.2) is 0 Å². The van der Waals surface area contributed by atoms with Gasteiger partial charge in [0.2, 0.25) is 0 Å². The van der Waals surface area contributed by atoms with E-state index in [0.29, 0.717) is 29.8 Å². The van der Waals surface area contributed by atoms with Crippen LogP contribution < -0.4 is 10.6 Å². The number of fused-ring (bicyclic) bond motifs is 2. The molecule has 0 aromatic rings. The van der Waals surface area contributed by atoms with Gasteiger partial charge >= 0.3 is 0 Å². The lowest BCUT2D eigenvalue weighted by atomic mass is 9.61. The molecule has 1 saturated heterocycles. The third-order valence-corrected chi connectivity index (χ3v) is 5.82. The Morgan fingerprint density at radius 1 is 1.33 bits per heavy atom. The van der Waals surface area contributed by atoms with E-state index >= 15 is 0 Å². The van der Waals surface area contributed by atoms with Gasteiger partial charge in [-0.3, -0.25) is 4.79 Å². The molecule has 3 heteroatoms. The first kappa shape index (κ1) is 15.2. The third kappa shape index (κ3) is 2.95. The van der Waals surface area contributed by atoms with Crippen LogP contribution in [0.4, 0.5) is 0 Å². The van der Waals surface area contributed by atoms with Crippen LogP contribution in [0.5, 0.6) is 0 Å². The highest BCUT2D eigenvalue weighted by molar-refractivity contribution is 5.84. The van der Waals surface area contributed by atoms with Gasteiger partial charge in [-0.15, -0.1) is 6.58 Å². The summed E-state index contributed by atoms with van der Waals surface area (Å²) in [5.41, 5.74) is 0.149. The molecule has 0 aromatic heterocycles. The second kappa shape index (κ2) is 5.85. The quantitative estimate of drug-likeness (QED) is 0.785. The number of hydrogen-bond donors (Lipinski definition) is 2. The fourth-order valence-electron chi connectivity index (χ4n) is 5.06. The van der Waals surface area contributed by atoms with Crippen LogP contribution in [0, 0.1) is 17.3 Å². The lowest BCUT2D eigenvalue weighted by molar-refractivity contribution is -0.134. The zero-order chi connectivity index (χ0) is 15.0. The Bertz CT molecular complexity index is 417. The number of piperidine rings is 1. The van der Waals surface area contributed by atoms with E-state index in [2.05, 4.69) is 31.1 Å². The van der Waals surface area contributed by atoms with Gasteiger partial charge in [0.25, 0.3) is 0 Å². The molecule has 0 radical (unpaired) electrons. The minimum atomic E-state index is 0.149. The summed E-state index contributed by atoms with van der Waals surface area (Å²) >= 11 is 0. The van der Waals surface area contributed by atoms with Crippen LogP contribution in [0.1, 0.15) is 52.4 Å². The average Bonchev–Trinajstić information content (AvgIpc) is 2.42. The summed E-state index contributed by atoms with van der Waals surface area (Å²) < 4.78 is 0. The van der Waals surface area contributed by atoms with Crippen LogP contribution in [0.25, 0.3) is 0 Å². The summed E-state index contributed by atoms with van der Waals surface area (Å²) in [4.78, 5) is 12.8. The molecular formula is C18H30N2O. The van der Waals surface area contributed by atoms with E-state index in [1.165, 1.54) is 25.7 Å². The summed E-state index contributed by atoms with van der Waals surface area (Å²) in [6.45, 7) is 9.12. The van der Waals surface area contributed by atoms with E-state index in [4.69, 9.17) is 0 Å². The summed E-state index contributed by atoms with van der Waals surface area (Å²) in [6, 6.07) is 1.31. The Balaban J connectivity index is 1.85. The highest BCUT2D eigenvalue weighted by Crippen LogP contribution is 2.44. The molecule has 3 nitrogen and oxygen atoms in total. The van der Waals surface area contributed by atoms with Gasteiger partial charge in [0.1, 0.15) is 5.78 Å². The van der Waals surface area contributed by atoms with Crippen LogP contribution in [0.2, 0.25) is 0 Å². The SMILES string of the molecule is C=CCNC1C2CCCCC2NC2CC(C)(C)CC(=O)C21. The molecule has 0 spiro atoms. The minimum absolute atomic E-state index is 0.149. The Morgan fingerprint density at radius 3 is 2.86 bits per heavy atom. The van der Waals surface area contributed by atoms with Crippen LogP contribution in [-0.4, -0.2) is 30.5 Å². The number of carbonyl (C=O) groups excluding carboxylic acids is 1. The molecule has 3 rings (SSSR count). The summed E-state index contributed by atoms with van der Waals surface area (Å²) in [5.74, 6) is 1.25. The van der Waals surface area contributed by atoms with Crippen molar-refractivity contribution in [2.24, 2.45) is 17.3 Å². The molecule has 3 fully saturated rings. The number of ketones is 1. The molecular weight excluding hydrogens is 260 g/mol. The summed E-state index contributed by atoms with van der Waals surface area (Å²) in [7, 11) is 0. The molecule has 2 aliphatic carbocycles. The number of carbonyl (C=O) groups is 1. The van der Waals surface area contributed by atoms with Gasteiger partial charge in [-0.05, 0) is 30.6 Å². The fourth-order valence-corrected chi connectivity index (χ4v) is 5.06. The predicted molar refractivity (Wildman–Crippen MR) is 86.2 cm³/mol. The number of rotatable bonds is 3. The molecule has 21 heavy (non-hydrogen) atoms. The first-order valence-corrected chi connectivity index (χ1v) is 8.65. The van der Waals surface area contributed by atoms with Gasteiger partial charge in [0, 0.05) is 37.0 Å². The summed E-state index contributed by atoms with van der Waals surface area (Å²) in [6.07, 6.45) is 8.95. The van der Waals surface area contributed by atoms with E-state index < -0.39 is 0 Å². The second-order valence-electron chi connectivity index (χ2n) is 8.09. The third-order valence-electron chi connectivity index (χ3n) is 5.82. The van der Waals surface area contributed by atoms with Gasteiger partial charge in [-0.25, -0.2) is 0 Å². The van der Waals surface area contributed by atoms with Crippen molar-refractivity contribution in [2.45, 2.75) is 70.5 Å². The van der Waals surface area contributed by atoms with Gasteiger partial charge in [0.05, 0.1) is 0 Å². The standard InChI is InChI=1S/C18H30N2O/c1-4-9-19-17-12-7-5-6-8-13(12)20-14-10-18(2,3)11-15(21)16(14)17/h4,12-14,16-17,19-20H,1,5-11H2,2-3H3. The maximum atomic E-state index is 12.8. The normalized spacial score (nSPS) is 42.0. The Labute approximate surface area is 128 Å². The largest absolute Gasteiger partial charge is 0.310 e. The fraction of sp³-hybridized carbons (Fsp3) is 0.833. The molecule has 0 amide bonds. The lowest BCUT2D eigenvalue weighted by Gasteiger charge is -2.54. The molecule has 1 heterocycles. The predicted octanol–water partition coefficient (Wildman–Crippen LogP) is 2.67. The Kier molecular flexibility index (Phi) is 4.24. The Hall–Kier alpha value is -0.670. The van der Waals surface area contributed by atoms with Crippen molar-refractivity contribution in [3.05, 3.63) is 12.7 Å². The van der Waals surface area contributed by atoms with Crippen LogP contribution in [0.15, 0.2) is 12.7 Å². The smallest absolute Gasteiger partial charge is 0.139 e. The van der Waals surface area contributed by atoms with E-state index in [0.717, 1.165) is 19.4 Å². The van der Waals surface area contributed by atoms with Crippen molar-refractivity contribution in [1.29, 1.82) is 0 Å². The molecule has 3 aliphatic rings. The van der Waals surface area contributed by atoms with Crippen molar-refractivity contribution < 1.29 is 4.79 Å². The number of hydrogen-bond acceptors (Lipinski definition) is 3. The van der Waals surface area contributed by atoms with Crippen molar-refractivity contribution >= 4 is 5.78 Å². The van der Waals surface area contributed by atoms with Crippen molar-refractivity contribution in [3.8, 4) is 0 Å². The molecule has 5 atom stereocenters. The molecule has 1 aliphatic heterocycles. The highest BCUT2D eigenvalue weighted by atomic mass is 16.1. The van der Waals surface area contributed by atoms with E-state index in [1.807, 2.05) is 6.08 Å². The molecule has 118 valence electrons. The first-order chi connectivity index (χ1) is 10.0. The van der Waals surface area contributed by atoms with Gasteiger partial charge in [-0.1, -0.05) is 32.8 Å². The van der Waals surface area contributed by atoms with Crippen LogP contribution >= 0.6 is 0 Å². The van der Waals surface area contributed by atoms with Crippen molar-refractivity contribution in [2.75, 3.05) is 6.54 Å². The van der Waals surface area contributed by atoms with E-state index in [-0.39, 0.29) is 11.3 Å². The number of nitrogens with one attached hydrogen (secondary N) is 2. The number of Topliss-reactive ketones (excluding diaryl/α,β-unsaturated/α-hetero) is 1. The monoisotopic (exact) mass is 290 g/mol. The zero-order valence-electron chi connectivity index (χ0n) is 13.5. The Morgan fingerprint density at radius 2 is 2.10 bits per heavy atom. The van der Waals surface area contributed by atoms with Crippen LogP contribution in [-0.2, 0) is 4.79 Å². The van der Waals surface area contributed by atoms with E-state index in [9.17, 15) is 4.79 Å². The first-order valence-electron chi connectivity index (χ1n) is 8.65. The van der Waals surface area contributed by atoms with Gasteiger partial charge in [-0.2, -0.15) is 0 Å². The zero-order valence-corrected chi connectivity index (χ0v) is 13.5. The van der Waals surface area contributed by atoms with Gasteiger partial charge < -0.3 is 10.6 Å². The molecule has 2 saturated carbocycles. The topological polar surface area (TPSA) is 41.1 Å². The lowest BCUT2D eigenvalue weighted by Crippen LogP contribution is -2.68. The maximum absolute atomic E-state index is 12.8. The molecule has 5 unspecified atom stereocenters. The molecule has 0 aromatic carbocycles. The second-order valence-corrected chi connectivity index (χ2v) is 8.09. The molecule has 2 N–H and O–H groups in total. The minimum Gasteiger partial charge on any atom is -0.310 e.